The molecule has 0 radical (unpaired) electrons. The number of hydrogen-bond donors (Lipinski definition) is 0. The standard InChI is InChI=1S/C22H34BrF7PS/c1-5-8-11-31(12-9-6-2,13-10-7-3)15-18-17(16(4)19(23)32-18)14-20(24,25)21(26,27)22(28,29)30/h5-15H2,1-4H3/q+1. The van der Waals surface area contributed by atoms with Crippen LogP contribution in [0.2, 0.25) is 0 Å². The molecule has 188 valence electrons. The SMILES string of the molecule is CCCC[P+](CCCC)(CCCC)Cc1sc(Br)c(C)c1CC(F)(F)C(F)(F)C(F)(F)F. The molecule has 0 aromatic carbocycles. The predicted octanol–water partition coefficient (Wildman–Crippen LogP) is 10.1. The lowest BCUT2D eigenvalue weighted by atomic mass is 9.99. The summed E-state index contributed by atoms with van der Waals surface area (Å²) in [7, 11) is -1.60. The van der Waals surface area contributed by atoms with Crippen molar-refractivity contribution < 1.29 is 30.7 Å². The summed E-state index contributed by atoms with van der Waals surface area (Å²) in [6.07, 6.45) is 1.59. The summed E-state index contributed by atoms with van der Waals surface area (Å²) in [6.45, 7) is 7.77. The fourth-order valence-electron chi connectivity index (χ4n) is 3.83. The predicted molar refractivity (Wildman–Crippen MR) is 126 cm³/mol. The molecule has 0 saturated heterocycles. The molecule has 0 saturated carbocycles. The minimum atomic E-state index is -6.31. The monoisotopic (exact) mass is 573 g/mol. The van der Waals surface area contributed by atoms with Gasteiger partial charge >= 0.3 is 18.0 Å². The van der Waals surface area contributed by atoms with Crippen LogP contribution in [-0.4, -0.2) is 36.5 Å². The second-order valence-corrected chi connectivity index (χ2v) is 15.4. The fourth-order valence-corrected chi connectivity index (χ4v) is 11.5. The number of thiophene rings is 1. The molecule has 1 aromatic heterocycles. The van der Waals surface area contributed by atoms with E-state index in [1.54, 1.807) is 0 Å². The van der Waals surface area contributed by atoms with Gasteiger partial charge in [0.25, 0.3) is 0 Å². The van der Waals surface area contributed by atoms with E-state index in [9.17, 15) is 30.7 Å². The average Bonchev–Trinajstić information content (AvgIpc) is 2.94. The van der Waals surface area contributed by atoms with Crippen LogP contribution in [0.5, 0.6) is 0 Å². The van der Waals surface area contributed by atoms with Crippen molar-refractivity contribution in [1.29, 1.82) is 0 Å². The largest absolute Gasteiger partial charge is 0.459 e. The average molecular weight is 574 g/mol. The van der Waals surface area contributed by atoms with E-state index in [2.05, 4.69) is 36.7 Å². The van der Waals surface area contributed by atoms with E-state index in [4.69, 9.17) is 0 Å². The van der Waals surface area contributed by atoms with Crippen molar-refractivity contribution in [2.75, 3.05) is 18.5 Å². The third-order valence-electron chi connectivity index (χ3n) is 5.95. The summed E-state index contributed by atoms with van der Waals surface area (Å²) in [5.74, 6) is -11.3. The molecule has 0 fully saturated rings. The Morgan fingerprint density at radius 1 is 0.812 bits per heavy atom. The molecule has 1 aromatic rings. The Labute approximate surface area is 200 Å². The van der Waals surface area contributed by atoms with Crippen molar-refractivity contribution in [1.82, 2.24) is 0 Å². The normalized spacial score (nSPS) is 13.8. The molecule has 0 atom stereocenters. The van der Waals surface area contributed by atoms with E-state index in [-0.39, 0.29) is 5.56 Å². The molecule has 0 aliphatic rings. The van der Waals surface area contributed by atoms with E-state index < -0.39 is 31.7 Å². The van der Waals surface area contributed by atoms with Crippen molar-refractivity contribution in [2.45, 2.75) is 96.8 Å². The highest BCUT2D eigenvalue weighted by molar-refractivity contribution is 9.11. The number of halogens is 8. The molecule has 0 bridgehead atoms. The highest BCUT2D eigenvalue weighted by Gasteiger charge is 2.72. The second-order valence-electron chi connectivity index (χ2n) is 8.59. The molecule has 0 aliphatic carbocycles. The molecular weight excluding hydrogens is 540 g/mol. The van der Waals surface area contributed by atoms with Crippen LogP contribution in [0.1, 0.15) is 75.3 Å². The summed E-state index contributed by atoms with van der Waals surface area (Å²) in [6, 6.07) is 0. The zero-order valence-electron chi connectivity index (χ0n) is 19.2. The van der Waals surface area contributed by atoms with E-state index in [1.807, 2.05) is 0 Å². The van der Waals surface area contributed by atoms with Gasteiger partial charge in [0.2, 0.25) is 0 Å². The lowest BCUT2D eigenvalue weighted by molar-refractivity contribution is -0.354. The molecule has 10 heteroatoms. The fraction of sp³-hybridized carbons (Fsp3) is 0.818. The van der Waals surface area contributed by atoms with Gasteiger partial charge in [0.15, 0.2) is 0 Å². The van der Waals surface area contributed by atoms with Gasteiger partial charge in [-0.15, -0.1) is 11.3 Å². The van der Waals surface area contributed by atoms with Crippen LogP contribution in [0.25, 0.3) is 0 Å². The summed E-state index contributed by atoms with van der Waals surface area (Å²) >= 11 is 4.52. The van der Waals surface area contributed by atoms with Crippen LogP contribution >= 0.6 is 34.5 Å². The maximum absolute atomic E-state index is 14.3. The molecule has 0 N–H and O–H groups in total. The van der Waals surface area contributed by atoms with Gasteiger partial charge in [0, 0.05) is 18.6 Å². The lowest BCUT2D eigenvalue weighted by Crippen LogP contribution is -2.53. The van der Waals surface area contributed by atoms with Gasteiger partial charge < -0.3 is 0 Å². The first-order valence-electron chi connectivity index (χ1n) is 11.1. The van der Waals surface area contributed by atoms with Crippen molar-refractivity contribution in [3.8, 4) is 0 Å². The minimum Gasteiger partial charge on any atom is -0.199 e. The molecule has 32 heavy (non-hydrogen) atoms. The molecule has 0 aliphatic heterocycles. The quantitative estimate of drug-likeness (QED) is 0.153. The van der Waals surface area contributed by atoms with E-state index in [0.717, 1.165) is 57.0 Å². The number of hydrogen-bond acceptors (Lipinski definition) is 1. The van der Waals surface area contributed by atoms with Gasteiger partial charge in [0.1, 0.15) is 0 Å². The van der Waals surface area contributed by atoms with Gasteiger partial charge in [-0.1, -0.05) is 40.0 Å². The Balaban J connectivity index is 3.41. The van der Waals surface area contributed by atoms with E-state index in [1.165, 1.54) is 18.3 Å². The second kappa shape index (κ2) is 12.2. The zero-order chi connectivity index (χ0) is 24.8. The Bertz CT molecular complexity index is 694. The van der Waals surface area contributed by atoms with Crippen LogP contribution in [0.3, 0.4) is 0 Å². The highest BCUT2D eigenvalue weighted by Crippen LogP contribution is 2.64. The lowest BCUT2D eigenvalue weighted by Gasteiger charge is -2.30. The Kier molecular flexibility index (Phi) is 11.5. The zero-order valence-corrected chi connectivity index (χ0v) is 22.5. The van der Waals surface area contributed by atoms with Crippen molar-refractivity contribution >= 4 is 34.5 Å². The first kappa shape index (κ1) is 30.2. The van der Waals surface area contributed by atoms with Crippen LogP contribution in [-0.2, 0) is 12.6 Å². The molecular formula is C22H34BrF7PS+. The van der Waals surface area contributed by atoms with Gasteiger partial charge in [-0.2, -0.15) is 30.7 Å². The Hall–Kier alpha value is 0.120. The molecule has 1 rings (SSSR count). The van der Waals surface area contributed by atoms with Crippen molar-refractivity contribution in [3.05, 3.63) is 19.8 Å². The van der Waals surface area contributed by atoms with Crippen molar-refractivity contribution in [3.63, 3.8) is 0 Å². The van der Waals surface area contributed by atoms with Crippen molar-refractivity contribution in [2.24, 2.45) is 0 Å². The van der Waals surface area contributed by atoms with Gasteiger partial charge in [0.05, 0.1) is 28.4 Å². The molecule has 0 nitrogen and oxygen atoms in total. The minimum absolute atomic E-state index is 0.0512. The van der Waals surface area contributed by atoms with E-state index >= 15 is 0 Å². The number of alkyl halides is 7. The molecule has 1 heterocycles. The van der Waals surface area contributed by atoms with Crippen LogP contribution in [0.4, 0.5) is 30.7 Å². The smallest absolute Gasteiger partial charge is 0.199 e. The van der Waals surface area contributed by atoms with Crippen LogP contribution in [0.15, 0.2) is 3.79 Å². The Morgan fingerprint density at radius 2 is 1.25 bits per heavy atom. The summed E-state index contributed by atoms with van der Waals surface area (Å²) in [4.78, 5) is 0.545. The summed E-state index contributed by atoms with van der Waals surface area (Å²) in [5.41, 5.74) is 0.284. The number of rotatable bonds is 14. The highest BCUT2D eigenvalue weighted by atomic mass is 79.9. The van der Waals surface area contributed by atoms with Gasteiger partial charge in [-0.3, -0.25) is 0 Å². The molecule has 0 amide bonds. The summed E-state index contributed by atoms with van der Waals surface area (Å²) in [5, 5.41) is 0. The molecule has 0 unspecified atom stereocenters. The third kappa shape index (κ3) is 7.31. The Morgan fingerprint density at radius 3 is 1.62 bits per heavy atom. The van der Waals surface area contributed by atoms with E-state index in [0.29, 0.717) is 20.4 Å². The maximum atomic E-state index is 14.3. The topological polar surface area (TPSA) is 0 Å². The number of unbranched alkanes of at least 4 members (excludes halogenated alkanes) is 3. The van der Waals surface area contributed by atoms with Gasteiger partial charge in [-0.25, -0.2) is 0 Å². The third-order valence-corrected chi connectivity index (χ3v) is 13.1. The van der Waals surface area contributed by atoms with Crippen LogP contribution in [0, 0.1) is 6.92 Å². The molecule has 0 spiro atoms. The first-order chi connectivity index (χ1) is 14.7. The summed E-state index contributed by atoms with van der Waals surface area (Å²) < 4.78 is 94.5. The van der Waals surface area contributed by atoms with Gasteiger partial charge in [-0.05, 0) is 53.2 Å². The first-order valence-corrected chi connectivity index (χ1v) is 15.3. The van der Waals surface area contributed by atoms with Crippen LogP contribution < -0.4 is 0 Å². The maximum Gasteiger partial charge on any atom is 0.459 e.